The molecule has 7 nitrogen and oxygen atoms in total. The first-order chi connectivity index (χ1) is 11.4. The van der Waals surface area contributed by atoms with Crippen LogP contribution >= 0.6 is 0 Å². The van der Waals surface area contributed by atoms with Gasteiger partial charge >= 0.3 is 17.5 Å². The average Bonchev–Trinajstić information content (AvgIpc) is 3.38. The van der Waals surface area contributed by atoms with Crippen LogP contribution in [0.4, 0.5) is 4.79 Å². The smallest absolute Gasteiger partial charge is 0.311 e. The number of benzene rings is 1. The Hall–Kier alpha value is -2.44. The molecule has 1 aromatic rings. The van der Waals surface area contributed by atoms with Crippen LogP contribution < -0.4 is 0 Å². The summed E-state index contributed by atoms with van der Waals surface area (Å²) in [7, 11) is 0. The molecule has 1 saturated carbocycles. The molecule has 1 aliphatic carbocycles. The molecule has 3 amide bonds. The van der Waals surface area contributed by atoms with Crippen molar-refractivity contribution in [3.8, 4) is 0 Å². The topological polar surface area (TPSA) is 83.8 Å². The standard InChI is InChI=1S/C17H21N3O4/c1-12-17(2,20(23)24)15(21)18(16(22)19(12)14-8-9-14)11-10-13-6-4-3-5-7-13/h3-7,12,14H,8-11H2,1-2H3. The van der Waals surface area contributed by atoms with E-state index in [0.717, 1.165) is 23.3 Å². The second-order valence-corrected chi connectivity index (χ2v) is 6.69. The van der Waals surface area contributed by atoms with Crippen molar-refractivity contribution < 1.29 is 14.5 Å². The van der Waals surface area contributed by atoms with Crippen molar-refractivity contribution in [2.75, 3.05) is 6.54 Å². The highest BCUT2D eigenvalue weighted by Crippen LogP contribution is 2.37. The first kappa shape index (κ1) is 16.4. The van der Waals surface area contributed by atoms with Crippen molar-refractivity contribution in [2.24, 2.45) is 0 Å². The highest BCUT2D eigenvalue weighted by molar-refractivity contribution is 6.02. The molecule has 0 aromatic heterocycles. The number of nitro groups is 1. The molecule has 2 unspecified atom stereocenters. The third kappa shape index (κ3) is 2.53. The van der Waals surface area contributed by atoms with Crippen LogP contribution in [-0.2, 0) is 11.2 Å². The molecule has 0 N–H and O–H groups in total. The van der Waals surface area contributed by atoms with Crippen molar-refractivity contribution in [2.45, 2.75) is 50.7 Å². The van der Waals surface area contributed by atoms with Gasteiger partial charge in [-0.1, -0.05) is 30.3 Å². The summed E-state index contributed by atoms with van der Waals surface area (Å²) in [5, 5.41) is 11.6. The molecule has 2 aliphatic rings. The lowest BCUT2D eigenvalue weighted by atomic mass is 9.88. The van der Waals surface area contributed by atoms with Gasteiger partial charge in [-0.25, -0.2) is 4.79 Å². The zero-order chi connectivity index (χ0) is 17.5. The number of rotatable bonds is 5. The fourth-order valence-electron chi connectivity index (χ4n) is 3.25. The minimum absolute atomic E-state index is 0.0131. The number of carbonyl (C=O) groups excluding carboxylic acids is 2. The molecule has 128 valence electrons. The van der Waals surface area contributed by atoms with E-state index in [4.69, 9.17) is 0 Å². The average molecular weight is 331 g/mol. The number of hydrogen-bond donors (Lipinski definition) is 0. The Balaban J connectivity index is 1.87. The Bertz CT molecular complexity index is 674. The van der Waals surface area contributed by atoms with Gasteiger partial charge in [-0.15, -0.1) is 0 Å². The number of imide groups is 1. The summed E-state index contributed by atoms with van der Waals surface area (Å²) < 4.78 is 0. The molecule has 1 aromatic carbocycles. The summed E-state index contributed by atoms with van der Waals surface area (Å²) in [6, 6.07) is 8.35. The molecule has 1 heterocycles. The predicted octanol–water partition coefficient (Wildman–Crippen LogP) is 2.08. The van der Waals surface area contributed by atoms with E-state index >= 15 is 0 Å². The Kier molecular flexibility index (Phi) is 4.03. The molecule has 2 atom stereocenters. The van der Waals surface area contributed by atoms with Gasteiger partial charge in [0.15, 0.2) is 0 Å². The number of amides is 3. The highest BCUT2D eigenvalue weighted by atomic mass is 16.6. The molecular weight excluding hydrogens is 310 g/mol. The highest BCUT2D eigenvalue weighted by Gasteiger charge is 2.63. The minimum atomic E-state index is -1.80. The lowest BCUT2D eigenvalue weighted by Crippen LogP contribution is -2.72. The zero-order valence-electron chi connectivity index (χ0n) is 13.8. The largest absolute Gasteiger partial charge is 0.327 e. The fraction of sp³-hybridized carbons (Fsp3) is 0.529. The lowest BCUT2D eigenvalue weighted by Gasteiger charge is -2.44. The Morgan fingerprint density at radius 1 is 1.25 bits per heavy atom. The fourth-order valence-corrected chi connectivity index (χ4v) is 3.25. The van der Waals surface area contributed by atoms with E-state index in [-0.39, 0.29) is 12.6 Å². The second kappa shape index (κ2) is 5.89. The van der Waals surface area contributed by atoms with Crippen LogP contribution in [0.15, 0.2) is 30.3 Å². The first-order valence-electron chi connectivity index (χ1n) is 8.20. The van der Waals surface area contributed by atoms with Crippen molar-refractivity contribution in [1.29, 1.82) is 0 Å². The number of nitrogens with zero attached hydrogens (tertiary/aromatic N) is 3. The number of hydrogen-bond acceptors (Lipinski definition) is 4. The molecule has 2 fully saturated rings. The maximum Gasteiger partial charge on any atom is 0.327 e. The van der Waals surface area contributed by atoms with E-state index in [1.54, 1.807) is 6.92 Å². The van der Waals surface area contributed by atoms with Crippen LogP contribution in [0.2, 0.25) is 0 Å². The summed E-state index contributed by atoms with van der Waals surface area (Å²) in [4.78, 5) is 39.2. The molecule has 0 radical (unpaired) electrons. The van der Waals surface area contributed by atoms with E-state index in [0.29, 0.717) is 6.42 Å². The zero-order valence-corrected chi connectivity index (χ0v) is 13.8. The van der Waals surface area contributed by atoms with Crippen molar-refractivity contribution in [3.05, 3.63) is 46.0 Å². The van der Waals surface area contributed by atoms with Crippen molar-refractivity contribution in [1.82, 2.24) is 9.80 Å². The van der Waals surface area contributed by atoms with Crippen LogP contribution in [0.1, 0.15) is 32.3 Å². The number of urea groups is 1. The predicted molar refractivity (Wildman–Crippen MR) is 87.0 cm³/mol. The summed E-state index contributed by atoms with van der Waals surface area (Å²) in [5.74, 6) is -0.710. The quantitative estimate of drug-likeness (QED) is 0.611. The van der Waals surface area contributed by atoms with Gasteiger partial charge in [0, 0.05) is 24.4 Å². The number of carbonyl (C=O) groups is 2. The van der Waals surface area contributed by atoms with Gasteiger partial charge in [-0.05, 0) is 31.7 Å². The van der Waals surface area contributed by atoms with Gasteiger partial charge in [-0.2, -0.15) is 0 Å². The van der Waals surface area contributed by atoms with E-state index in [9.17, 15) is 19.7 Å². The van der Waals surface area contributed by atoms with Crippen LogP contribution in [0.3, 0.4) is 0 Å². The summed E-state index contributed by atoms with van der Waals surface area (Å²) in [6.45, 7) is 3.09. The van der Waals surface area contributed by atoms with E-state index in [1.807, 2.05) is 30.3 Å². The van der Waals surface area contributed by atoms with Crippen LogP contribution in [-0.4, -0.2) is 50.8 Å². The minimum Gasteiger partial charge on any atom is -0.311 e. The van der Waals surface area contributed by atoms with Crippen molar-refractivity contribution in [3.63, 3.8) is 0 Å². The molecule has 0 spiro atoms. The normalized spacial score (nSPS) is 27.5. The van der Waals surface area contributed by atoms with E-state index in [2.05, 4.69) is 0 Å². The van der Waals surface area contributed by atoms with Gasteiger partial charge in [0.25, 0.3) is 0 Å². The van der Waals surface area contributed by atoms with Gasteiger partial charge < -0.3 is 4.90 Å². The molecule has 24 heavy (non-hydrogen) atoms. The molecule has 0 bridgehead atoms. The summed E-state index contributed by atoms with van der Waals surface area (Å²) >= 11 is 0. The van der Waals surface area contributed by atoms with Crippen LogP contribution in [0.5, 0.6) is 0 Å². The third-order valence-electron chi connectivity index (χ3n) is 5.15. The SMILES string of the molecule is CC1N(C2CC2)C(=O)N(CCc2ccccc2)C(=O)C1(C)[N+](=O)[O-]. The molecular formula is C17H21N3O4. The van der Waals surface area contributed by atoms with Gasteiger partial charge in [0.2, 0.25) is 0 Å². The molecule has 3 rings (SSSR count). The van der Waals surface area contributed by atoms with Crippen molar-refractivity contribution >= 4 is 11.9 Å². The maximum absolute atomic E-state index is 12.8. The molecule has 1 saturated heterocycles. The molecule has 1 aliphatic heterocycles. The monoisotopic (exact) mass is 331 g/mol. The lowest BCUT2D eigenvalue weighted by molar-refractivity contribution is -0.557. The third-order valence-corrected chi connectivity index (χ3v) is 5.15. The van der Waals surface area contributed by atoms with Crippen LogP contribution in [0, 0.1) is 10.1 Å². The Morgan fingerprint density at radius 3 is 2.42 bits per heavy atom. The summed E-state index contributed by atoms with van der Waals surface area (Å²) in [6.07, 6.45) is 2.16. The second-order valence-electron chi connectivity index (χ2n) is 6.69. The van der Waals surface area contributed by atoms with E-state index < -0.39 is 28.4 Å². The van der Waals surface area contributed by atoms with Gasteiger partial charge in [-0.3, -0.25) is 19.8 Å². The van der Waals surface area contributed by atoms with Gasteiger partial charge in [0.1, 0.15) is 6.04 Å². The summed E-state index contributed by atoms with van der Waals surface area (Å²) in [5.41, 5.74) is -0.815. The Morgan fingerprint density at radius 2 is 1.88 bits per heavy atom. The maximum atomic E-state index is 12.8. The van der Waals surface area contributed by atoms with E-state index in [1.165, 1.54) is 11.8 Å². The first-order valence-corrected chi connectivity index (χ1v) is 8.20. The van der Waals surface area contributed by atoms with Crippen LogP contribution in [0.25, 0.3) is 0 Å². The Labute approximate surface area is 140 Å². The van der Waals surface area contributed by atoms with Gasteiger partial charge in [0.05, 0.1) is 0 Å². The molecule has 7 heteroatoms.